The summed E-state index contributed by atoms with van der Waals surface area (Å²) >= 11 is 1.47. The number of methoxy groups -OCH3 is 1. The summed E-state index contributed by atoms with van der Waals surface area (Å²) in [4.78, 5) is 23.5. The molecule has 1 rings (SSSR count). The van der Waals surface area contributed by atoms with Crippen LogP contribution in [-0.4, -0.2) is 35.1 Å². The lowest BCUT2D eigenvalue weighted by atomic mass is 10.1. The standard InChI is InChI=1S/C16H22FNO4S/c1-4-5-8-23-10(2)15(19)18-14(16(20)21)11-6-7-13(22-3)12(17)9-11/h6-7,9-10,14H,4-5,8H2,1-3H3,(H,18,19)(H,20,21). The predicted molar refractivity (Wildman–Crippen MR) is 88.3 cm³/mol. The van der Waals surface area contributed by atoms with E-state index in [4.69, 9.17) is 4.74 Å². The van der Waals surface area contributed by atoms with E-state index in [2.05, 4.69) is 12.2 Å². The molecule has 0 fully saturated rings. The Labute approximate surface area is 139 Å². The third-order valence-corrected chi connectivity index (χ3v) is 4.52. The highest BCUT2D eigenvalue weighted by Gasteiger charge is 2.25. The summed E-state index contributed by atoms with van der Waals surface area (Å²) in [5.41, 5.74) is 0.162. The number of amides is 1. The number of hydrogen-bond donors (Lipinski definition) is 2. The summed E-state index contributed by atoms with van der Waals surface area (Å²) in [7, 11) is 1.32. The monoisotopic (exact) mass is 343 g/mol. The molecule has 23 heavy (non-hydrogen) atoms. The number of aliphatic carboxylic acids is 1. The van der Waals surface area contributed by atoms with Gasteiger partial charge in [-0.2, -0.15) is 0 Å². The first-order chi connectivity index (χ1) is 10.9. The van der Waals surface area contributed by atoms with Gasteiger partial charge in [-0.3, -0.25) is 4.79 Å². The fourth-order valence-electron chi connectivity index (χ4n) is 1.89. The van der Waals surface area contributed by atoms with Gasteiger partial charge in [0.1, 0.15) is 0 Å². The van der Waals surface area contributed by atoms with E-state index >= 15 is 0 Å². The van der Waals surface area contributed by atoms with E-state index in [1.165, 1.54) is 31.0 Å². The van der Waals surface area contributed by atoms with Crippen LogP contribution < -0.4 is 10.1 Å². The second kappa shape index (κ2) is 9.39. The molecule has 1 aromatic rings. The lowest BCUT2D eigenvalue weighted by Crippen LogP contribution is -2.38. The Morgan fingerprint density at radius 2 is 2.13 bits per heavy atom. The van der Waals surface area contributed by atoms with E-state index in [-0.39, 0.29) is 22.5 Å². The van der Waals surface area contributed by atoms with Crippen LogP contribution >= 0.6 is 11.8 Å². The highest BCUT2D eigenvalue weighted by atomic mass is 32.2. The second-order valence-electron chi connectivity index (χ2n) is 5.04. The number of carbonyl (C=O) groups excluding carboxylic acids is 1. The predicted octanol–water partition coefficient (Wildman–Crippen LogP) is 3.00. The van der Waals surface area contributed by atoms with Gasteiger partial charge in [0.2, 0.25) is 5.91 Å². The van der Waals surface area contributed by atoms with Crippen molar-refractivity contribution in [3.63, 3.8) is 0 Å². The fourth-order valence-corrected chi connectivity index (χ4v) is 2.92. The van der Waals surface area contributed by atoms with Crippen LogP contribution in [0.2, 0.25) is 0 Å². The van der Waals surface area contributed by atoms with Crippen molar-refractivity contribution in [3.8, 4) is 5.75 Å². The van der Waals surface area contributed by atoms with Gasteiger partial charge < -0.3 is 15.2 Å². The molecule has 1 aromatic carbocycles. The Kier molecular flexibility index (Phi) is 7.88. The first-order valence-corrected chi connectivity index (χ1v) is 8.43. The van der Waals surface area contributed by atoms with Crippen molar-refractivity contribution in [3.05, 3.63) is 29.6 Å². The maximum atomic E-state index is 13.7. The van der Waals surface area contributed by atoms with E-state index < -0.39 is 17.8 Å². The van der Waals surface area contributed by atoms with E-state index in [0.29, 0.717) is 0 Å². The summed E-state index contributed by atoms with van der Waals surface area (Å²) in [5, 5.41) is 11.4. The number of benzene rings is 1. The molecule has 2 unspecified atom stereocenters. The lowest BCUT2D eigenvalue weighted by Gasteiger charge is -2.18. The zero-order valence-corrected chi connectivity index (χ0v) is 14.3. The molecule has 0 saturated heterocycles. The minimum absolute atomic E-state index is 0.0210. The Morgan fingerprint density at radius 3 is 2.65 bits per heavy atom. The van der Waals surface area contributed by atoms with Crippen LogP contribution in [0.5, 0.6) is 5.75 Å². The summed E-state index contributed by atoms with van der Waals surface area (Å²) in [5.74, 6) is -1.44. The van der Waals surface area contributed by atoms with Crippen LogP contribution in [0.3, 0.4) is 0 Å². The molecule has 0 spiro atoms. The van der Waals surface area contributed by atoms with Gasteiger partial charge in [-0.25, -0.2) is 9.18 Å². The van der Waals surface area contributed by atoms with Crippen molar-refractivity contribution in [1.82, 2.24) is 5.32 Å². The van der Waals surface area contributed by atoms with E-state index in [1.807, 2.05) is 0 Å². The number of thioether (sulfide) groups is 1. The molecule has 0 heterocycles. The van der Waals surface area contributed by atoms with Crippen molar-refractivity contribution in [2.75, 3.05) is 12.9 Å². The zero-order chi connectivity index (χ0) is 17.4. The molecule has 2 N–H and O–H groups in total. The minimum atomic E-state index is -1.29. The Hall–Kier alpha value is -1.76. The number of hydrogen-bond acceptors (Lipinski definition) is 4. The smallest absolute Gasteiger partial charge is 0.330 e. The first kappa shape index (κ1) is 19.3. The highest BCUT2D eigenvalue weighted by Crippen LogP contribution is 2.23. The summed E-state index contributed by atoms with van der Waals surface area (Å²) in [6.45, 7) is 3.78. The van der Waals surface area contributed by atoms with Crippen molar-refractivity contribution in [2.24, 2.45) is 0 Å². The van der Waals surface area contributed by atoms with Crippen molar-refractivity contribution < 1.29 is 23.8 Å². The molecule has 7 heteroatoms. The van der Waals surface area contributed by atoms with Crippen LogP contribution in [0.1, 0.15) is 38.3 Å². The third-order valence-electron chi connectivity index (χ3n) is 3.28. The summed E-state index contributed by atoms with van der Waals surface area (Å²) in [6, 6.07) is 2.53. The minimum Gasteiger partial charge on any atom is -0.494 e. The highest BCUT2D eigenvalue weighted by molar-refractivity contribution is 8.00. The number of nitrogens with one attached hydrogen (secondary N) is 1. The SMILES string of the molecule is CCCCSC(C)C(=O)NC(C(=O)O)c1ccc(OC)c(F)c1. The molecule has 0 bridgehead atoms. The molecule has 0 aromatic heterocycles. The van der Waals surface area contributed by atoms with Crippen LogP contribution in [0, 0.1) is 5.82 Å². The van der Waals surface area contributed by atoms with Gasteiger partial charge in [0.05, 0.1) is 12.4 Å². The van der Waals surface area contributed by atoms with Gasteiger partial charge in [0, 0.05) is 0 Å². The number of carbonyl (C=O) groups is 2. The molecule has 5 nitrogen and oxygen atoms in total. The van der Waals surface area contributed by atoms with Crippen LogP contribution in [0.15, 0.2) is 18.2 Å². The molecule has 2 atom stereocenters. The van der Waals surface area contributed by atoms with Crippen molar-refractivity contribution in [2.45, 2.75) is 38.0 Å². The number of unbranched alkanes of at least 4 members (excludes halogenated alkanes) is 1. The average Bonchev–Trinajstić information content (AvgIpc) is 2.52. The summed E-state index contributed by atoms with van der Waals surface area (Å²) < 4.78 is 18.5. The number of rotatable bonds is 9. The third kappa shape index (κ3) is 5.74. The molecule has 1 amide bonds. The molecular weight excluding hydrogens is 321 g/mol. The first-order valence-electron chi connectivity index (χ1n) is 7.38. The van der Waals surface area contributed by atoms with Crippen molar-refractivity contribution in [1.29, 1.82) is 0 Å². The topological polar surface area (TPSA) is 75.6 Å². The van der Waals surface area contributed by atoms with Crippen LogP contribution in [-0.2, 0) is 9.59 Å². The molecule has 0 aliphatic heterocycles. The number of carboxylic acid groups (broad SMARTS) is 1. The lowest BCUT2D eigenvalue weighted by molar-refractivity contribution is -0.141. The fraction of sp³-hybridized carbons (Fsp3) is 0.500. The van der Waals surface area contributed by atoms with Gasteiger partial charge >= 0.3 is 5.97 Å². The molecule has 0 aliphatic rings. The second-order valence-corrected chi connectivity index (χ2v) is 6.49. The maximum Gasteiger partial charge on any atom is 0.330 e. The van der Waals surface area contributed by atoms with Crippen LogP contribution in [0.4, 0.5) is 4.39 Å². The Morgan fingerprint density at radius 1 is 1.43 bits per heavy atom. The molecule has 128 valence electrons. The number of halogens is 1. The number of carboxylic acids is 1. The number of ether oxygens (including phenoxy) is 1. The average molecular weight is 343 g/mol. The van der Waals surface area contributed by atoms with E-state index in [1.54, 1.807) is 6.92 Å². The van der Waals surface area contributed by atoms with Gasteiger partial charge in [0.25, 0.3) is 0 Å². The van der Waals surface area contributed by atoms with Gasteiger partial charge in [-0.05, 0) is 36.8 Å². The van der Waals surface area contributed by atoms with Gasteiger partial charge in [0.15, 0.2) is 17.6 Å². The van der Waals surface area contributed by atoms with Gasteiger partial charge in [-0.15, -0.1) is 11.8 Å². The molecule has 0 radical (unpaired) electrons. The largest absolute Gasteiger partial charge is 0.494 e. The van der Waals surface area contributed by atoms with Gasteiger partial charge in [-0.1, -0.05) is 19.4 Å². The molecule has 0 saturated carbocycles. The normalized spacial score (nSPS) is 13.2. The molecular formula is C16H22FNO4S. The van der Waals surface area contributed by atoms with Crippen LogP contribution in [0.25, 0.3) is 0 Å². The Balaban J connectivity index is 2.81. The Bertz CT molecular complexity index is 553. The van der Waals surface area contributed by atoms with E-state index in [9.17, 15) is 19.1 Å². The molecule has 0 aliphatic carbocycles. The van der Waals surface area contributed by atoms with E-state index in [0.717, 1.165) is 24.7 Å². The summed E-state index contributed by atoms with van der Waals surface area (Å²) in [6.07, 6.45) is 2.03. The quantitative estimate of drug-likeness (QED) is 0.674. The zero-order valence-electron chi connectivity index (χ0n) is 13.5. The van der Waals surface area contributed by atoms with Crippen molar-refractivity contribution >= 4 is 23.6 Å². The maximum absolute atomic E-state index is 13.7.